The SMILES string of the molecule is COc1ccc(C2CC(=O)Nc3nc(C)[nH]c(=O)c32)cc1. The predicted octanol–water partition coefficient (Wildman–Crippen LogP) is 1.56. The molecule has 2 N–H and O–H groups in total. The molecule has 0 saturated carbocycles. The van der Waals surface area contributed by atoms with Crippen LogP contribution in [0.15, 0.2) is 29.1 Å². The number of nitrogens with zero attached hydrogens (tertiary/aromatic N) is 1. The standard InChI is InChI=1S/C15H15N3O3/c1-8-16-14-13(15(20)17-8)11(7-12(19)18-14)9-3-5-10(21-2)6-4-9/h3-6,11H,7H2,1-2H3,(H2,16,17,18,19,20). The van der Waals surface area contributed by atoms with Crippen LogP contribution in [0.4, 0.5) is 5.82 Å². The Kier molecular flexibility index (Phi) is 3.21. The van der Waals surface area contributed by atoms with Crippen LogP contribution in [-0.2, 0) is 4.79 Å². The van der Waals surface area contributed by atoms with Gasteiger partial charge in [-0.1, -0.05) is 12.1 Å². The first-order valence-electron chi connectivity index (χ1n) is 6.63. The van der Waals surface area contributed by atoms with E-state index in [9.17, 15) is 9.59 Å². The molecule has 2 aromatic rings. The van der Waals surface area contributed by atoms with Crippen molar-refractivity contribution in [1.29, 1.82) is 0 Å². The van der Waals surface area contributed by atoms with Gasteiger partial charge in [0.2, 0.25) is 5.91 Å². The van der Waals surface area contributed by atoms with Crippen molar-refractivity contribution in [3.8, 4) is 5.75 Å². The van der Waals surface area contributed by atoms with E-state index in [1.807, 2.05) is 24.3 Å². The number of methoxy groups -OCH3 is 1. The fourth-order valence-electron chi connectivity index (χ4n) is 2.60. The lowest BCUT2D eigenvalue weighted by Crippen LogP contribution is -2.31. The summed E-state index contributed by atoms with van der Waals surface area (Å²) in [6.07, 6.45) is 0.229. The summed E-state index contributed by atoms with van der Waals surface area (Å²) in [6, 6.07) is 7.37. The van der Waals surface area contributed by atoms with Crippen molar-refractivity contribution in [2.75, 3.05) is 12.4 Å². The fourth-order valence-corrected chi connectivity index (χ4v) is 2.60. The Balaban J connectivity index is 2.12. The number of amides is 1. The van der Waals surface area contributed by atoms with E-state index in [1.165, 1.54) is 0 Å². The lowest BCUT2D eigenvalue weighted by atomic mass is 9.87. The van der Waals surface area contributed by atoms with Gasteiger partial charge >= 0.3 is 0 Å². The summed E-state index contributed by atoms with van der Waals surface area (Å²) in [6.45, 7) is 1.69. The minimum absolute atomic E-state index is 0.138. The summed E-state index contributed by atoms with van der Waals surface area (Å²) in [5.74, 6) is 1.13. The van der Waals surface area contributed by atoms with Crippen molar-refractivity contribution in [1.82, 2.24) is 9.97 Å². The Morgan fingerprint density at radius 3 is 2.62 bits per heavy atom. The lowest BCUT2D eigenvalue weighted by molar-refractivity contribution is -0.116. The first kappa shape index (κ1) is 13.4. The second kappa shape index (κ2) is 5.05. The number of hydrogen-bond acceptors (Lipinski definition) is 4. The summed E-state index contributed by atoms with van der Waals surface area (Å²) >= 11 is 0. The average Bonchev–Trinajstić information content (AvgIpc) is 2.45. The summed E-state index contributed by atoms with van der Waals surface area (Å²) < 4.78 is 5.13. The molecule has 0 aliphatic carbocycles. The third-order valence-electron chi connectivity index (χ3n) is 3.59. The molecule has 6 heteroatoms. The Morgan fingerprint density at radius 2 is 1.95 bits per heavy atom. The van der Waals surface area contributed by atoms with Gasteiger partial charge in [0, 0.05) is 12.3 Å². The summed E-state index contributed by atoms with van der Waals surface area (Å²) in [5.41, 5.74) is 1.19. The van der Waals surface area contributed by atoms with Crippen LogP contribution in [0.5, 0.6) is 5.75 Å². The van der Waals surface area contributed by atoms with E-state index < -0.39 is 0 Å². The number of aromatic nitrogens is 2. The van der Waals surface area contributed by atoms with Crippen LogP contribution in [0.1, 0.15) is 29.3 Å². The predicted molar refractivity (Wildman–Crippen MR) is 77.7 cm³/mol. The van der Waals surface area contributed by atoms with E-state index in [2.05, 4.69) is 15.3 Å². The number of benzene rings is 1. The minimum atomic E-state index is -0.295. The van der Waals surface area contributed by atoms with Crippen molar-refractivity contribution < 1.29 is 9.53 Å². The molecule has 3 rings (SSSR count). The third kappa shape index (κ3) is 2.40. The van der Waals surface area contributed by atoms with Gasteiger partial charge in [-0.25, -0.2) is 4.98 Å². The molecule has 0 spiro atoms. The number of rotatable bonds is 2. The van der Waals surface area contributed by atoms with Gasteiger partial charge < -0.3 is 15.0 Å². The molecule has 1 aliphatic heterocycles. The molecule has 0 bridgehead atoms. The zero-order valence-corrected chi connectivity index (χ0v) is 11.8. The highest BCUT2D eigenvalue weighted by Gasteiger charge is 2.30. The highest BCUT2D eigenvalue weighted by Crippen LogP contribution is 2.34. The average molecular weight is 285 g/mol. The molecule has 1 aromatic heterocycles. The second-order valence-electron chi connectivity index (χ2n) is 4.99. The van der Waals surface area contributed by atoms with Crippen molar-refractivity contribution in [3.63, 3.8) is 0 Å². The molecular formula is C15H15N3O3. The van der Waals surface area contributed by atoms with Crippen LogP contribution >= 0.6 is 0 Å². The van der Waals surface area contributed by atoms with Crippen LogP contribution in [-0.4, -0.2) is 23.0 Å². The molecule has 0 fully saturated rings. The zero-order chi connectivity index (χ0) is 15.0. The second-order valence-corrected chi connectivity index (χ2v) is 4.99. The number of anilines is 1. The number of H-pyrrole nitrogens is 1. The minimum Gasteiger partial charge on any atom is -0.497 e. The van der Waals surface area contributed by atoms with Crippen LogP contribution in [0.2, 0.25) is 0 Å². The highest BCUT2D eigenvalue weighted by molar-refractivity contribution is 5.94. The fraction of sp³-hybridized carbons (Fsp3) is 0.267. The van der Waals surface area contributed by atoms with E-state index in [4.69, 9.17) is 4.74 Å². The van der Waals surface area contributed by atoms with Gasteiger partial charge in [-0.05, 0) is 24.6 Å². The molecule has 1 amide bonds. The maximum Gasteiger partial charge on any atom is 0.256 e. The number of hydrogen-bond donors (Lipinski definition) is 2. The van der Waals surface area contributed by atoms with Crippen LogP contribution in [0.25, 0.3) is 0 Å². The van der Waals surface area contributed by atoms with Gasteiger partial charge in [0.05, 0.1) is 12.7 Å². The lowest BCUT2D eigenvalue weighted by Gasteiger charge is -2.24. The Labute approximate surface area is 121 Å². The molecule has 1 aromatic carbocycles. The van der Waals surface area contributed by atoms with Crippen molar-refractivity contribution in [2.24, 2.45) is 0 Å². The monoisotopic (exact) mass is 285 g/mol. The van der Waals surface area contributed by atoms with E-state index in [0.29, 0.717) is 17.2 Å². The molecule has 6 nitrogen and oxygen atoms in total. The van der Waals surface area contributed by atoms with E-state index in [0.717, 1.165) is 11.3 Å². The van der Waals surface area contributed by atoms with Crippen LogP contribution in [0, 0.1) is 6.92 Å². The van der Waals surface area contributed by atoms with Crippen molar-refractivity contribution in [3.05, 3.63) is 51.6 Å². The van der Waals surface area contributed by atoms with E-state index in [-0.39, 0.29) is 23.8 Å². The number of nitrogens with one attached hydrogen (secondary N) is 2. The number of aryl methyl sites for hydroxylation is 1. The topological polar surface area (TPSA) is 84.1 Å². The van der Waals surface area contributed by atoms with Gasteiger partial charge in [-0.3, -0.25) is 9.59 Å². The smallest absolute Gasteiger partial charge is 0.256 e. The number of fused-ring (bicyclic) bond motifs is 1. The molecule has 1 unspecified atom stereocenters. The zero-order valence-electron chi connectivity index (χ0n) is 11.8. The normalized spacial score (nSPS) is 17.0. The number of ether oxygens (including phenoxy) is 1. The molecule has 21 heavy (non-hydrogen) atoms. The summed E-state index contributed by atoms with van der Waals surface area (Å²) in [4.78, 5) is 31.0. The van der Waals surface area contributed by atoms with Gasteiger partial charge in [0.15, 0.2) is 0 Å². The Bertz CT molecular complexity index is 750. The molecule has 1 atom stereocenters. The van der Waals surface area contributed by atoms with Gasteiger partial charge in [0.1, 0.15) is 17.4 Å². The summed E-state index contributed by atoms with van der Waals surface area (Å²) in [7, 11) is 1.59. The highest BCUT2D eigenvalue weighted by atomic mass is 16.5. The molecule has 0 radical (unpaired) electrons. The third-order valence-corrected chi connectivity index (χ3v) is 3.59. The first-order chi connectivity index (χ1) is 10.1. The number of carbonyl (C=O) groups excluding carboxylic acids is 1. The van der Waals surface area contributed by atoms with Crippen molar-refractivity contribution >= 4 is 11.7 Å². The molecular weight excluding hydrogens is 270 g/mol. The van der Waals surface area contributed by atoms with Gasteiger partial charge in [0.25, 0.3) is 5.56 Å². The number of aromatic amines is 1. The molecule has 2 heterocycles. The maximum atomic E-state index is 12.2. The number of carbonyl (C=O) groups is 1. The van der Waals surface area contributed by atoms with E-state index >= 15 is 0 Å². The van der Waals surface area contributed by atoms with Gasteiger partial charge in [-0.2, -0.15) is 0 Å². The van der Waals surface area contributed by atoms with E-state index in [1.54, 1.807) is 14.0 Å². The Morgan fingerprint density at radius 1 is 1.24 bits per heavy atom. The van der Waals surface area contributed by atoms with Crippen LogP contribution in [0.3, 0.4) is 0 Å². The molecule has 108 valence electrons. The van der Waals surface area contributed by atoms with Gasteiger partial charge in [-0.15, -0.1) is 0 Å². The largest absolute Gasteiger partial charge is 0.497 e. The van der Waals surface area contributed by atoms with Crippen LogP contribution < -0.4 is 15.6 Å². The first-order valence-corrected chi connectivity index (χ1v) is 6.63. The van der Waals surface area contributed by atoms with Crippen molar-refractivity contribution in [2.45, 2.75) is 19.3 Å². The Hall–Kier alpha value is -2.63. The quantitative estimate of drug-likeness (QED) is 0.877. The maximum absolute atomic E-state index is 12.2. The molecule has 0 saturated heterocycles. The summed E-state index contributed by atoms with van der Waals surface area (Å²) in [5, 5.41) is 2.67. The molecule has 1 aliphatic rings.